The van der Waals surface area contributed by atoms with Gasteiger partial charge in [0.25, 0.3) is 11.8 Å². The molecular formula is C22H20F3N3O4. The molecule has 1 atom stereocenters. The maximum atomic E-state index is 13.8. The molecule has 1 aromatic heterocycles. The van der Waals surface area contributed by atoms with E-state index in [-0.39, 0.29) is 17.8 Å². The number of pyridine rings is 1. The summed E-state index contributed by atoms with van der Waals surface area (Å²) in [7, 11) is 0. The highest BCUT2D eigenvalue weighted by Crippen LogP contribution is 2.43. The molecule has 3 aliphatic heterocycles. The van der Waals surface area contributed by atoms with Crippen LogP contribution in [0.5, 0.6) is 5.75 Å². The Morgan fingerprint density at radius 3 is 2.41 bits per heavy atom. The largest absolute Gasteiger partial charge is 0.503 e. The number of hydrogen-bond donors (Lipinski definition) is 2. The van der Waals surface area contributed by atoms with Crippen molar-refractivity contribution in [1.29, 1.82) is 0 Å². The average molecular weight is 447 g/mol. The van der Waals surface area contributed by atoms with E-state index in [9.17, 15) is 32.7 Å². The number of rotatable bonds is 3. The van der Waals surface area contributed by atoms with Crippen molar-refractivity contribution >= 4 is 11.8 Å². The highest BCUT2D eigenvalue weighted by atomic mass is 19.1. The van der Waals surface area contributed by atoms with Crippen LogP contribution in [0.25, 0.3) is 0 Å². The molecule has 6 rings (SSSR count). The second kappa shape index (κ2) is 7.39. The Labute approximate surface area is 180 Å². The van der Waals surface area contributed by atoms with E-state index in [1.807, 2.05) is 0 Å². The molecule has 1 unspecified atom stereocenters. The van der Waals surface area contributed by atoms with Crippen molar-refractivity contribution in [2.45, 2.75) is 50.9 Å². The van der Waals surface area contributed by atoms with Crippen LogP contribution in [0.3, 0.4) is 0 Å². The van der Waals surface area contributed by atoms with Gasteiger partial charge in [-0.3, -0.25) is 14.4 Å². The Kier molecular flexibility index (Phi) is 4.75. The van der Waals surface area contributed by atoms with E-state index in [2.05, 4.69) is 5.32 Å². The van der Waals surface area contributed by atoms with Gasteiger partial charge in [0.05, 0.1) is 6.04 Å². The molecule has 2 saturated heterocycles. The smallest absolute Gasteiger partial charge is 0.275 e. The van der Waals surface area contributed by atoms with Gasteiger partial charge in [-0.15, -0.1) is 0 Å². The highest BCUT2D eigenvalue weighted by molar-refractivity contribution is 5.99. The Hall–Kier alpha value is -3.30. The monoisotopic (exact) mass is 447 g/mol. The summed E-state index contributed by atoms with van der Waals surface area (Å²) >= 11 is 0. The lowest BCUT2D eigenvalue weighted by atomic mass is 9.73. The number of hydrogen-bond acceptors (Lipinski definition) is 4. The van der Waals surface area contributed by atoms with E-state index in [0.717, 1.165) is 25.7 Å². The van der Waals surface area contributed by atoms with Gasteiger partial charge in [0.1, 0.15) is 23.0 Å². The van der Waals surface area contributed by atoms with Gasteiger partial charge in [-0.05, 0) is 31.6 Å². The number of piperidine rings is 2. The minimum Gasteiger partial charge on any atom is -0.503 e. The van der Waals surface area contributed by atoms with E-state index in [0.29, 0.717) is 24.6 Å². The molecule has 1 saturated carbocycles. The zero-order chi connectivity index (χ0) is 22.7. The average Bonchev–Trinajstić information content (AvgIpc) is 2.75. The van der Waals surface area contributed by atoms with Gasteiger partial charge in [-0.1, -0.05) is 0 Å². The predicted molar refractivity (Wildman–Crippen MR) is 106 cm³/mol. The van der Waals surface area contributed by atoms with Crippen LogP contribution in [0.2, 0.25) is 0 Å². The second-order valence-corrected chi connectivity index (χ2v) is 8.60. The van der Waals surface area contributed by atoms with E-state index in [4.69, 9.17) is 0 Å². The number of amides is 2. The van der Waals surface area contributed by atoms with Crippen molar-refractivity contribution in [2.75, 3.05) is 0 Å². The summed E-state index contributed by atoms with van der Waals surface area (Å²) in [6, 6.07) is 0.991. The molecule has 4 aliphatic rings. The minimum absolute atomic E-state index is 0.0669. The summed E-state index contributed by atoms with van der Waals surface area (Å²) in [6.45, 7) is -0.282. The van der Waals surface area contributed by atoms with E-state index >= 15 is 0 Å². The standard InChI is InChI=1S/C22H20F3N3O4/c23-11-5-15(24)13(16(25)6-11)7-26-21(31)14-8-27-9-17-10-1-3-12(4-2-10)28(17)22(32)18(27)20(30)19(14)29/h5-6,8,10,12,17,30H,1-4,7,9H2,(H,26,31)/t10-,12+,17?. The van der Waals surface area contributed by atoms with Gasteiger partial charge in [-0.25, -0.2) is 13.2 Å². The Morgan fingerprint density at radius 1 is 1.09 bits per heavy atom. The number of carbonyl (C=O) groups excluding carboxylic acids is 2. The zero-order valence-corrected chi connectivity index (χ0v) is 16.9. The summed E-state index contributed by atoms with van der Waals surface area (Å²) in [5, 5.41) is 12.7. The fourth-order valence-corrected chi connectivity index (χ4v) is 5.32. The molecule has 2 N–H and O–H groups in total. The summed E-state index contributed by atoms with van der Waals surface area (Å²) in [5.74, 6) is -5.33. The van der Waals surface area contributed by atoms with E-state index < -0.39 is 58.1 Å². The van der Waals surface area contributed by atoms with Gasteiger partial charge in [-0.2, -0.15) is 0 Å². The number of halogens is 3. The summed E-state index contributed by atoms with van der Waals surface area (Å²) in [6.07, 6.45) is 5.01. The third kappa shape index (κ3) is 3.08. The van der Waals surface area contributed by atoms with Crippen molar-refractivity contribution in [2.24, 2.45) is 5.92 Å². The highest BCUT2D eigenvalue weighted by Gasteiger charge is 2.48. The first kappa shape index (κ1) is 20.6. The molecule has 2 amide bonds. The molecule has 2 bridgehead atoms. The van der Waals surface area contributed by atoms with Crippen molar-refractivity contribution in [3.63, 3.8) is 0 Å². The number of aromatic hydroxyl groups is 1. The first-order chi connectivity index (χ1) is 15.3. The molecule has 4 heterocycles. The van der Waals surface area contributed by atoms with Crippen LogP contribution in [0.15, 0.2) is 23.1 Å². The van der Waals surface area contributed by atoms with Crippen molar-refractivity contribution in [3.05, 3.63) is 62.8 Å². The fourth-order valence-electron chi connectivity index (χ4n) is 5.32. The van der Waals surface area contributed by atoms with Gasteiger partial charge in [0, 0.05) is 43.0 Å². The molecule has 7 nitrogen and oxygen atoms in total. The van der Waals surface area contributed by atoms with Crippen LogP contribution in [0, 0.1) is 23.4 Å². The SMILES string of the molecule is O=C(NCc1c(F)cc(F)cc1F)c1cn2c(c(O)c1=O)C(=O)N1C(C2)[C@H]2CC[C@@H]1CC2. The third-order valence-electron chi connectivity index (χ3n) is 6.89. The predicted octanol–water partition coefficient (Wildman–Crippen LogP) is 2.30. The molecule has 10 heteroatoms. The lowest BCUT2D eigenvalue weighted by Crippen LogP contribution is -2.61. The van der Waals surface area contributed by atoms with Gasteiger partial charge < -0.3 is 19.9 Å². The Morgan fingerprint density at radius 2 is 1.75 bits per heavy atom. The van der Waals surface area contributed by atoms with Crippen LogP contribution in [0.1, 0.15) is 52.1 Å². The fraction of sp³-hybridized carbons (Fsp3) is 0.409. The molecular weight excluding hydrogens is 427 g/mol. The first-order valence-electron chi connectivity index (χ1n) is 10.5. The normalized spacial score (nSPS) is 23.7. The first-order valence-corrected chi connectivity index (χ1v) is 10.5. The number of fused-ring (bicyclic) bond motifs is 3. The van der Waals surface area contributed by atoms with Crippen molar-refractivity contribution < 1.29 is 27.9 Å². The summed E-state index contributed by atoms with van der Waals surface area (Å²) < 4.78 is 42.1. The van der Waals surface area contributed by atoms with Crippen molar-refractivity contribution in [3.8, 4) is 5.75 Å². The zero-order valence-electron chi connectivity index (χ0n) is 16.9. The lowest BCUT2D eigenvalue weighted by Gasteiger charge is -2.53. The molecule has 0 spiro atoms. The van der Waals surface area contributed by atoms with Crippen molar-refractivity contribution in [1.82, 2.24) is 14.8 Å². The molecule has 1 aliphatic carbocycles. The lowest BCUT2D eigenvalue weighted by molar-refractivity contribution is -0.0181. The maximum Gasteiger partial charge on any atom is 0.275 e. The third-order valence-corrected chi connectivity index (χ3v) is 6.89. The Balaban J connectivity index is 1.45. The van der Waals surface area contributed by atoms with Crippen LogP contribution >= 0.6 is 0 Å². The summed E-state index contributed by atoms with van der Waals surface area (Å²) in [4.78, 5) is 40.1. The van der Waals surface area contributed by atoms with E-state index in [1.54, 1.807) is 4.90 Å². The maximum absolute atomic E-state index is 13.8. The summed E-state index contributed by atoms with van der Waals surface area (Å²) in [5.41, 5.74) is -2.20. The number of aromatic nitrogens is 1. The number of carbonyl (C=O) groups is 2. The topological polar surface area (TPSA) is 91.6 Å². The molecule has 32 heavy (non-hydrogen) atoms. The minimum atomic E-state index is -1.18. The van der Waals surface area contributed by atoms with Crippen LogP contribution in [-0.2, 0) is 13.1 Å². The van der Waals surface area contributed by atoms with E-state index in [1.165, 1.54) is 10.8 Å². The Bertz CT molecular complexity index is 1180. The van der Waals surface area contributed by atoms with Crippen LogP contribution < -0.4 is 10.7 Å². The number of nitrogens with zero attached hydrogens (tertiary/aromatic N) is 2. The molecule has 168 valence electrons. The number of benzene rings is 1. The van der Waals surface area contributed by atoms with Crippen LogP contribution in [0.4, 0.5) is 13.2 Å². The second-order valence-electron chi connectivity index (χ2n) is 8.60. The molecule has 0 radical (unpaired) electrons. The molecule has 3 fully saturated rings. The van der Waals surface area contributed by atoms with Gasteiger partial charge in [0.2, 0.25) is 5.43 Å². The quantitative estimate of drug-likeness (QED) is 0.756. The van der Waals surface area contributed by atoms with Gasteiger partial charge >= 0.3 is 0 Å². The molecule has 1 aromatic carbocycles. The number of nitrogens with one attached hydrogen (secondary N) is 1. The molecule has 2 aromatic rings. The van der Waals surface area contributed by atoms with Crippen LogP contribution in [-0.4, -0.2) is 38.5 Å². The van der Waals surface area contributed by atoms with Gasteiger partial charge in [0.15, 0.2) is 11.4 Å².